The van der Waals surface area contributed by atoms with Crippen molar-refractivity contribution >= 4 is 37.8 Å². The van der Waals surface area contributed by atoms with Crippen molar-refractivity contribution in [2.45, 2.75) is 12.8 Å². The van der Waals surface area contributed by atoms with Crippen molar-refractivity contribution in [2.24, 2.45) is 5.73 Å². The highest BCUT2D eigenvalue weighted by Crippen LogP contribution is 2.34. The molecule has 0 unspecified atom stereocenters. The number of carbonyl (C=O) groups excluding carboxylic acids is 1. The fourth-order valence-corrected chi connectivity index (χ4v) is 2.94. The van der Waals surface area contributed by atoms with Crippen molar-refractivity contribution in [1.29, 1.82) is 0 Å². The zero-order valence-corrected chi connectivity index (χ0v) is 13.3. The van der Waals surface area contributed by atoms with Crippen molar-refractivity contribution in [3.05, 3.63) is 26.6 Å². The monoisotopic (exact) mass is 378 g/mol. The van der Waals surface area contributed by atoms with Gasteiger partial charge in [-0.25, -0.2) is 0 Å². The first-order chi connectivity index (χ1) is 8.58. The van der Waals surface area contributed by atoms with E-state index in [1.165, 1.54) is 0 Å². The van der Waals surface area contributed by atoms with Crippen molar-refractivity contribution in [3.63, 3.8) is 0 Å². The fraction of sp³-hybridized carbons (Fsp3) is 0.417. The Morgan fingerprint density at radius 3 is 2.50 bits per heavy atom. The van der Waals surface area contributed by atoms with Crippen LogP contribution in [-0.2, 0) is 11.2 Å². The van der Waals surface area contributed by atoms with Gasteiger partial charge in [-0.3, -0.25) is 4.79 Å². The number of rotatable bonds is 6. The molecule has 18 heavy (non-hydrogen) atoms. The van der Waals surface area contributed by atoms with Crippen LogP contribution in [0.4, 0.5) is 0 Å². The number of benzene rings is 1. The van der Waals surface area contributed by atoms with Crippen LogP contribution >= 0.6 is 31.9 Å². The minimum Gasteiger partial charge on any atom is -0.491 e. The van der Waals surface area contributed by atoms with Crippen LogP contribution in [0.15, 0.2) is 21.1 Å². The van der Waals surface area contributed by atoms with Crippen molar-refractivity contribution < 1.29 is 9.53 Å². The quantitative estimate of drug-likeness (QED) is 0.796. The Bertz CT molecular complexity index is 402. The highest BCUT2D eigenvalue weighted by Gasteiger charge is 2.09. The molecule has 1 amide bonds. The van der Waals surface area contributed by atoms with E-state index in [9.17, 15) is 4.79 Å². The first-order valence-corrected chi connectivity index (χ1v) is 7.18. The summed E-state index contributed by atoms with van der Waals surface area (Å²) in [5, 5.41) is 2.55. The van der Waals surface area contributed by atoms with Crippen molar-refractivity contribution in [1.82, 2.24) is 5.32 Å². The van der Waals surface area contributed by atoms with Crippen LogP contribution in [0.3, 0.4) is 0 Å². The Morgan fingerprint density at radius 1 is 1.39 bits per heavy atom. The molecular formula is C12H16Br2N2O2. The molecule has 100 valence electrons. The van der Waals surface area contributed by atoms with E-state index in [1.807, 2.05) is 12.1 Å². The summed E-state index contributed by atoms with van der Waals surface area (Å²) in [5.41, 5.74) is 6.66. The summed E-state index contributed by atoms with van der Waals surface area (Å²) in [6.07, 6.45) is 1.15. The SMILES string of the molecule is CNC(=O)CCOc1c(Br)cc(CCN)cc1Br. The van der Waals surface area contributed by atoms with Crippen LogP contribution in [0, 0.1) is 0 Å². The Labute approximate surface area is 124 Å². The molecule has 1 aromatic carbocycles. The molecule has 0 aliphatic rings. The van der Waals surface area contributed by atoms with Crippen molar-refractivity contribution in [3.8, 4) is 5.75 Å². The lowest BCUT2D eigenvalue weighted by atomic mass is 10.1. The molecule has 4 nitrogen and oxygen atoms in total. The van der Waals surface area contributed by atoms with E-state index >= 15 is 0 Å². The number of hydrogen-bond donors (Lipinski definition) is 2. The van der Waals surface area contributed by atoms with Gasteiger partial charge in [0.1, 0.15) is 5.75 Å². The number of amides is 1. The molecule has 0 heterocycles. The minimum atomic E-state index is -0.0398. The van der Waals surface area contributed by atoms with E-state index in [1.54, 1.807) is 7.05 Å². The predicted molar refractivity (Wildman–Crippen MR) is 78.8 cm³/mol. The first-order valence-electron chi connectivity index (χ1n) is 5.59. The second-order valence-corrected chi connectivity index (χ2v) is 5.41. The number of hydrogen-bond acceptors (Lipinski definition) is 3. The Morgan fingerprint density at radius 2 is 2.00 bits per heavy atom. The maximum absolute atomic E-state index is 11.1. The zero-order chi connectivity index (χ0) is 13.5. The second-order valence-electron chi connectivity index (χ2n) is 3.70. The van der Waals surface area contributed by atoms with Gasteiger partial charge in [0.05, 0.1) is 22.0 Å². The Hall–Kier alpha value is -0.590. The maximum Gasteiger partial charge on any atom is 0.223 e. The van der Waals surface area contributed by atoms with Gasteiger partial charge in [-0.05, 0) is 62.5 Å². The number of nitrogens with two attached hydrogens (primary N) is 1. The molecule has 0 radical (unpaired) electrons. The standard InChI is InChI=1S/C12H16Br2N2O2/c1-16-11(17)3-5-18-12-9(13)6-8(2-4-15)7-10(12)14/h6-7H,2-5,15H2,1H3,(H,16,17). The smallest absolute Gasteiger partial charge is 0.223 e. The second kappa shape index (κ2) is 7.76. The van der Waals surface area contributed by atoms with E-state index in [-0.39, 0.29) is 5.91 Å². The molecule has 0 saturated carbocycles. The van der Waals surface area contributed by atoms with Gasteiger partial charge in [0.2, 0.25) is 5.91 Å². The van der Waals surface area contributed by atoms with Gasteiger partial charge in [0.15, 0.2) is 0 Å². The Balaban J connectivity index is 2.68. The molecule has 1 rings (SSSR count). The number of nitrogens with one attached hydrogen (secondary N) is 1. The molecule has 0 spiro atoms. The molecule has 0 aliphatic heterocycles. The van der Waals surface area contributed by atoms with E-state index in [4.69, 9.17) is 10.5 Å². The van der Waals surface area contributed by atoms with E-state index in [0.717, 1.165) is 20.9 Å². The van der Waals surface area contributed by atoms with Gasteiger partial charge in [0, 0.05) is 7.05 Å². The van der Waals surface area contributed by atoms with Gasteiger partial charge in [-0.2, -0.15) is 0 Å². The number of carbonyl (C=O) groups is 1. The van der Waals surface area contributed by atoms with Gasteiger partial charge >= 0.3 is 0 Å². The average molecular weight is 380 g/mol. The molecule has 0 saturated heterocycles. The number of halogens is 2. The van der Waals surface area contributed by atoms with Gasteiger partial charge in [0.25, 0.3) is 0 Å². The maximum atomic E-state index is 11.1. The zero-order valence-electron chi connectivity index (χ0n) is 10.1. The Kier molecular flexibility index (Phi) is 6.67. The molecule has 6 heteroatoms. The number of ether oxygens (including phenoxy) is 1. The third-order valence-electron chi connectivity index (χ3n) is 2.35. The van der Waals surface area contributed by atoms with E-state index in [2.05, 4.69) is 37.2 Å². The van der Waals surface area contributed by atoms with Crippen LogP contribution in [0.5, 0.6) is 5.75 Å². The molecular weight excluding hydrogens is 364 g/mol. The van der Waals surface area contributed by atoms with Crippen molar-refractivity contribution in [2.75, 3.05) is 20.2 Å². The largest absolute Gasteiger partial charge is 0.491 e. The summed E-state index contributed by atoms with van der Waals surface area (Å²) in [6.45, 7) is 0.947. The predicted octanol–water partition coefficient (Wildman–Crippen LogP) is 2.23. The third-order valence-corrected chi connectivity index (χ3v) is 3.52. The summed E-state index contributed by atoms with van der Waals surface area (Å²) in [6, 6.07) is 3.96. The molecule has 0 atom stereocenters. The van der Waals surface area contributed by atoms with Crippen LogP contribution < -0.4 is 15.8 Å². The van der Waals surface area contributed by atoms with E-state index in [0.29, 0.717) is 25.3 Å². The molecule has 0 bridgehead atoms. The summed E-state index contributed by atoms with van der Waals surface area (Å²) in [7, 11) is 1.61. The molecule has 1 aromatic rings. The molecule has 0 fully saturated rings. The van der Waals surface area contributed by atoms with Crippen LogP contribution in [-0.4, -0.2) is 26.1 Å². The summed E-state index contributed by atoms with van der Waals surface area (Å²) >= 11 is 6.91. The fourth-order valence-electron chi connectivity index (χ4n) is 1.43. The third kappa shape index (κ3) is 4.59. The van der Waals surface area contributed by atoms with Gasteiger partial charge in [-0.1, -0.05) is 0 Å². The molecule has 3 N–H and O–H groups in total. The minimum absolute atomic E-state index is 0.0398. The van der Waals surface area contributed by atoms with Crippen LogP contribution in [0.1, 0.15) is 12.0 Å². The molecule has 0 aromatic heterocycles. The normalized spacial score (nSPS) is 10.2. The highest BCUT2D eigenvalue weighted by molar-refractivity contribution is 9.11. The van der Waals surface area contributed by atoms with Crippen LogP contribution in [0.2, 0.25) is 0 Å². The molecule has 0 aliphatic carbocycles. The summed E-state index contributed by atoms with van der Waals surface area (Å²) in [4.78, 5) is 11.1. The van der Waals surface area contributed by atoms with Gasteiger partial charge < -0.3 is 15.8 Å². The summed E-state index contributed by atoms with van der Waals surface area (Å²) < 4.78 is 7.30. The topological polar surface area (TPSA) is 64.3 Å². The lowest BCUT2D eigenvalue weighted by molar-refractivity contribution is -0.121. The lowest BCUT2D eigenvalue weighted by Gasteiger charge is -2.11. The summed E-state index contributed by atoms with van der Waals surface area (Å²) in [5.74, 6) is 0.668. The van der Waals surface area contributed by atoms with E-state index < -0.39 is 0 Å². The average Bonchev–Trinajstić information content (AvgIpc) is 2.32. The van der Waals surface area contributed by atoms with Crippen LogP contribution in [0.25, 0.3) is 0 Å². The highest BCUT2D eigenvalue weighted by atomic mass is 79.9. The van der Waals surface area contributed by atoms with Gasteiger partial charge in [-0.15, -0.1) is 0 Å². The first kappa shape index (κ1) is 15.5. The lowest BCUT2D eigenvalue weighted by Crippen LogP contribution is -2.20.